The van der Waals surface area contributed by atoms with Crippen LogP contribution in [-0.2, 0) is 16.6 Å². The van der Waals surface area contributed by atoms with Gasteiger partial charge in [-0.2, -0.15) is 5.01 Å². The number of hydrazine groups is 1. The molecule has 0 unspecified atom stereocenters. The van der Waals surface area contributed by atoms with Crippen LogP contribution >= 0.6 is 0 Å². The zero-order valence-electron chi connectivity index (χ0n) is 14.9. The topological polar surface area (TPSA) is 86.7 Å². The fourth-order valence-corrected chi connectivity index (χ4v) is 3.54. The summed E-state index contributed by atoms with van der Waals surface area (Å²) in [5.41, 5.74) is 2.67. The summed E-state index contributed by atoms with van der Waals surface area (Å²) in [6.07, 6.45) is 4.46. The molecular formula is C17H25N5O3. The van der Waals surface area contributed by atoms with Crippen LogP contribution in [0, 0.1) is 0 Å². The summed E-state index contributed by atoms with van der Waals surface area (Å²) < 4.78 is 2.06. The highest BCUT2D eigenvalue weighted by molar-refractivity contribution is 6.07. The number of hydrogen-bond donors (Lipinski definition) is 2. The van der Waals surface area contributed by atoms with Gasteiger partial charge < -0.3 is 9.88 Å². The van der Waals surface area contributed by atoms with Crippen molar-refractivity contribution in [2.45, 2.75) is 44.7 Å². The van der Waals surface area contributed by atoms with Gasteiger partial charge in [-0.1, -0.05) is 6.92 Å². The van der Waals surface area contributed by atoms with E-state index in [0.29, 0.717) is 6.42 Å². The van der Waals surface area contributed by atoms with Gasteiger partial charge in [-0.3, -0.25) is 19.9 Å². The van der Waals surface area contributed by atoms with Crippen LogP contribution in [0.5, 0.6) is 0 Å². The van der Waals surface area contributed by atoms with Gasteiger partial charge in [0.1, 0.15) is 5.54 Å². The number of aryl methyl sites for hydroxylation is 1. The van der Waals surface area contributed by atoms with Crippen LogP contribution in [-0.4, -0.2) is 50.9 Å². The van der Waals surface area contributed by atoms with Gasteiger partial charge in [0.15, 0.2) is 0 Å². The van der Waals surface area contributed by atoms with Crippen LogP contribution in [0.4, 0.5) is 4.79 Å². The van der Waals surface area contributed by atoms with Crippen molar-refractivity contribution in [1.82, 2.24) is 25.2 Å². The monoisotopic (exact) mass is 347 g/mol. The fraction of sp³-hybridized carbons (Fsp3) is 0.588. The summed E-state index contributed by atoms with van der Waals surface area (Å²) >= 11 is 0. The number of amides is 4. The van der Waals surface area contributed by atoms with Crippen molar-refractivity contribution >= 4 is 17.8 Å². The third-order valence-corrected chi connectivity index (χ3v) is 5.24. The molecular weight excluding hydrogens is 322 g/mol. The maximum absolute atomic E-state index is 12.4. The van der Waals surface area contributed by atoms with Crippen molar-refractivity contribution in [1.29, 1.82) is 0 Å². The molecule has 0 aliphatic carbocycles. The summed E-state index contributed by atoms with van der Waals surface area (Å²) in [5, 5.41) is 3.43. The molecule has 0 bridgehead atoms. The van der Waals surface area contributed by atoms with Crippen LogP contribution in [0.25, 0.3) is 0 Å². The first kappa shape index (κ1) is 17.5. The third-order valence-electron chi connectivity index (χ3n) is 5.24. The average Bonchev–Trinajstić information content (AvgIpc) is 3.24. The lowest BCUT2D eigenvalue weighted by Gasteiger charge is -2.25. The fourth-order valence-electron chi connectivity index (χ4n) is 3.54. The molecule has 0 spiro atoms. The Morgan fingerprint density at radius 3 is 2.80 bits per heavy atom. The molecule has 25 heavy (non-hydrogen) atoms. The highest BCUT2D eigenvalue weighted by atomic mass is 16.2. The first-order valence-electron chi connectivity index (χ1n) is 8.67. The van der Waals surface area contributed by atoms with Crippen LogP contribution < -0.4 is 10.7 Å². The van der Waals surface area contributed by atoms with Crippen LogP contribution in [0.1, 0.15) is 44.8 Å². The largest absolute Gasteiger partial charge is 0.353 e. The summed E-state index contributed by atoms with van der Waals surface area (Å²) in [7, 11) is 1.99. The Kier molecular flexibility index (Phi) is 4.55. The molecule has 2 saturated heterocycles. The Labute approximate surface area is 147 Å². The quantitative estimate of drug-likeness (QED) is 0.775. The Hall–Kier alpha value is -2.35. The van der Waals surface area contributed by atoms with Gasteiger partial charge >= 0.3 is 6.03 Å². The minimum absolute atomic E-state index is 0.149. The van der Waals surface area contributed by atoms with Gasteiger partial charge in [0.2, 0.25) is 0 Å². The zero-order chi connectivity index (χ0) is 18.2. The maximum Gasteiger partial charge on any atom is 0.344 e. The predicted molar refractivity (Wildman–Crippen MR) is 91.2 cm³/mol. The molecule has 2 aliphatic heterocycles. The molecule has 0 radical (unpaired) electrons. The van der Waals surface area contributed by atoms with E-state index in [4.69, 9.17) is 0 Å². The smallest absolute Gasteiger partial charge is 0.344 e. The lowest BCUT2D eigenvalue weighted by atomic mass is 10.00. The molecule has 1 aromatic heterocycles. The molecule has 2 aliphatic rings. The number of carbonyl (C=O) groups is 3. The van der Waals surface area contributed by atoms with Crippen LogP contribution in [0.3, 0.4) is 0 Å². The SMILES string of the molecule is CC[C@]1(C)NC(=O)N(NC(=O)CN2CCC[C@H]2c2cccn2C)C1=O. The van der Waals surface area contributed by atoms with E-state index in [-0.39, 0.29) is 18.5 Å². The van der Waals surface area contributed by atoms with E-state index in [1.807, 2.05) is 26.2 Å². The number of nitrogens with zero attached hydrogens (tertiary/aromatic N) is 3. The maximum atomic E-state index is 12.4. The molecule has 8 heteroatoms. The van der Waals surface area contributed by atoms with Gasteiger partial charge in [-0.25, -0.2) is 4.79 Å². The van der Waals surface area contributed by atoms with Crippen molar-refractivity contribution in [3.8, 4) is 0 Å². The van der Waals surface area contributed by atoms with E-state index in [9.17, 15) is 14.4 Å². The minimum atomic E-state index is -0.955. The van der Waals surface area contributed by atoms with Gasteiger partial charge in [0, 0.05) is 18.9 Å². The number of rotatable bonds is 5. The summed E-state index contributed by atoms with van der Waals surface area (Å²) in [6, 6.07) is 3.65. The number of urea groups is 1. The van der Waals surface area contributed by atoms with Crippen molar-refractivity contribution < 1.29 is 14.4 Å². The van der Waals surface area contributed by atoms with Gasteiger partial charge in [0.25, 0.3) is 11.8 Å². The van der Waals surface area contributed by atoms with Gasteiger partial charge in [0.05, 0.1) is 12.6 Å². The first-order chi connectivity index (χ1) is 11.9. The molecule has 1 aromatic rings. The van der Waals surface area contributed by atoms with Crippen molar-refractivity contribution in [3.05, 3.63) is 24.0 Å². The highest BCUT2D eigenvalue weighted by Gasteiger charge is 2.47. The molecule has 0 saturated carbocycles. The van der Waals surface area contributed by atoms with E-state index in [0.717, 1.165) is 24.4 Å². The Morgan fingerprint density at radius 2 is 2.20 bits per heavy atom. The normalized spacial score (nSPS) is 27.0. The average molecular weight is 347 g/mol. The molecule has 2 fully saturated rings. The minimum Gasteiger partial charge on any atom is -0.353 e. The number of imide groups is 1. The van der Waals surface area contributed by atoms with E-state index in [1.54, 1.807) is 6.92 Å². The lowest BCUT2D eigenvalue weighted by Crippen LogP contribution is -2.51. The number of hydrogen-bond acceptors (Lipinski definition) is 4. The summed E-state index contributed by atoms with van der Waals surface area (Å²) in [6.45, 7) is 4.44. The summed E-state index contributed by atoms with van der Waals surface area (Å²) in [5.74, 6) is -0.779. The van der Waals surface area contributed by atoms with Crippen molar-refractivity contribution in [2.75, 3.05) is 13.1 Å². The van der Waals surface area contributed by atoms with Gasteiger partial charge in [-0.15, -0.1) is 0 Å². The zero-order valence-corrected chi connectivity index (χ0v) is 14.9. The first-order valence-corrected chi connectivity index (χ1v) is 8.67. The molecule has 136 valence electrons. The second-order valence-corrected chi connectivity index (χ2v) is 6.96. The highest BCUT2D eigenvalue weighted by Crippen LogP contribution is 2.31. The molecule has 2 atom stereocenters. The van der Waals surface area contributed by atoms with Gasteiger partial charge in [-0.05, 0) is 44.9 Å². The molecule has 3 heterocycles. The van der Waals surface area contributed by atoms with Crippen LogP contribution in [0.2, 0.25) is 0 Å². The molecule has 0 aromatic carbocycles. The summed E-state index contributed by atoms with van der Waals surface area (Å²) in [4.78, 5) is 38.8. The van der Waals surface area contributed by atoms with E-state index in [1.165, 1.54) is 5.69 Å². The molecule has 3 rings (SSSR count). The van der Waals surface area contributed by atoms with E-state index in [2.05, 4.69) is 26.3 Å². The van der Waals surface area contributed by atoms with E-state index < -0.39 is 17.5 Å². The number of aromatic nitrogens is 1. The Bertz CT molecular complexity index is 700. The molecule has 4 amide bonds. The second-order valence-electron chi connectivity index (χ2n) is 6.96. The van der Waals surface area contributed by atoms with Crippen molar-refractivity contribution in [3.63, 3.8) is 0 Å². The van der Waals surface area contributed by atoms with E-state index >= 15 is 0 Å². The van der Waals surface area contributed by atoms with Crippen LogP contribution in [0.15, 0.2) is 18.3 Å². The number of nitrogens with one attached hydrogen (secondary N) is 2. The number of carbonyl (C=O) groups excluding carboxylic acids is 3. The van der Waals surface area contributed by atoms with Crippen molar-refractivity contribution in [2.24, 2.45) is 7.05 Å². The second kappa shape index (κ2) is 6.51. The lowest BCUT2D eigenvalue weighted by molar-refractivity contribution is -0.139. The molecule has 8 nitrogen and oxygen atoms in total. The Morgan fingerprint density at radius 1 is 1.44 bits per heavy atom. The standard InChI is InChI=1S/C17H25N5O3/c1-4-17(2)15(24)22(16(25)18-17)19-14(23)11-21-10-6-8-13(21)12-7-5-9-20(12)3/h5,7,9,13H,4,6,8,10-11H2,1-3H3,(H,18,25)(H,19,23)/t13-,17-/m0/s1. The third kappa shape index (κ3) is 3.13. The molecule has 2 N–H and O–H groups in total. The predicted octanol–water partition coefficient (Wildman–Crippen LogP) is 0.914. The number of likely N-dealkylation sites (tertiary alicyclic amines) is 1. The Balaban J connectivity index is 1.64.